The van der Waals surface area contributed by atoms with E-state index in [1.165, 1.54) is 0 Å². The minimum absolute atomic E-state index is 0.00190. The summed E-state index contributed by atoms with van der Waals surface area (Å²) in [5.74, 6) is 0.316. The maximum absolute atomic E-state index is 12.7. The second-order valence-electron chi connectivity index (χ2n) is 6.01. The third kappa shape index (κ3) is 5.30. The average Bonchev–Trinajstić information content (AvgIpc) is 2.47. The first-order valence-corrected chi connectivity index (χ1v) is 7.84. The standard InChI is InChI=1S/C16H32N2O3/c1-8-12(5)15(13(9-2)21-7)18(6)16(20)14(11(3)4)17-10-19/h10-15H,8-9H2,1-7H3,(H,17,19)/t12?,13?,14-,15?/m0/s1. The van der Waals surface area contributed by atoms with Crippen LogP contribution in [0.15, 0.2) is 0 Å². The normalized spacial score (nSPS) is 17.0. The molecule has 0 saturated carbocycles. The maximum atomic E-state index is 12.7. The van der Waals surface area contributed by atoms with E-state index in [2.05, 4.69) is 26.1 Å². The molecule has 0 aliphatic heterocycles. The van der Waals surface area contributed by atoms with Crippen molar-refractivity contribution >= 4 is 12.3 Å². The lowest BCUT2D eigenvalue weighted by Gasteiger charge is -2.39. The van der Waals surface area contributed by atoms with E-state index in [4.69, 9.17) is 4.74 Å². The van der Waals surface area contributed by atoms with Crippen molar-refractivity contribution in [1.82, 2.24) is 10.2 Å². The molecule has 4 atom stereocenters. The molecule has 5 nitrogen and oxygen atoms in total. The number of ether oxygens (including phenoxy) is 1. The molecule has 3 unspecified atom stereocenters. The van der Waals surface area contributed by atoms with Gasteiger partial charge in [-0.15, -0.1) is 0 Å². The molecular weight excluding hydrogens is 268 g/mol. The van der Waals surface area contributed by atoms with Crippen LogP contribution in [0.1, 0.15) is 47.5 Å². The zero-order valence-corrected chi connectivity index (χ0v) is 14.6. The first-order chi connectivity index (χ1) is 9.85. The molecule has 0 spiro atoms. The van der Waals surface area contributed by atoms with Crippen LogP contribution >= 0.6 is 0 Å². The summed E-state index contributed by atoms with van der Waals surface area (Å²) in [6, 6.07) is -0.486. The number of nitrogens with zero attached hydrogens (tertiary/aromatic N) is 1. The molecule has 1 N–H and O–H groups in total. The van der Waals surface area contributed by atoms with Gasteiger partial charge in [0.15, 0.2) is 0 Å². The number of hydrogen-bond acceptors (Lipinski definition) is 3. The fourth-order valence-corrected chi connectivity index (χ4v) is 2.78. The Kier molecular flexibility index (Phi) is 9.26. The number of carbonyl (C=O) groups is 2. The summed E-state index contributed by atoms with van der Waals surface area (Å²) in [5, 5.41) is 2.64. The Balaban J connectivity index is 5.29. The molecule has 0 rings (SSSR count). The number of nitrogens with one attached hydrogen (secondary N) is 1. The van der Waals surface area contributed by atoms with Gasteiger partial charge in [0.2, 0.25) is 12.3 Å². The smallest absolute Gasteiger partial charge is 0.245 e. The third-order valence-electron chi connectivity index (χ3n) is 4.29. The van der Waals surface area contributed by atoms with Gasteiger partial charge in [-0.1, -0.05) is 41.0 Å². The van der Waals surface area contributed by atoms with Crippen molar-refractivity contribution in [2.75, 3.05) is 14.2 Å². The summed E-state index contributed by atoms with van der Waals surface area (Å²) in [4.78, 5) is 25.2. The summed E-state index contributed by atoms with van der Waals surface area (Å²) >= 11 is 0. The van der Waals surface area contributed by atoms with E-state index in [0.717, 1.165) is 12.8 Å². The topological polar surface area (TPSA) is 58.6 Å². The lowest BCUT2D eigenvalue weighted by Crippen LogP contribution is -2.55. The molecular formula is C16H32N2O3. The van der Waals surface area contributed by atoms with E-state index in [9.17, 15) is 9.59 Å². The van der Waals surface area contributed by atoms with E-state index in [1.807, 2.05) is 20.9 Å². The van der Waals surface area contributed by atoms with Crippen LogP contribution in [0.4, 0.5) is 0 Å². The van der Waals surface area contributed by atoms with Crippen LogP contribution in [0, 0.1) is 11.8 Å². The number of carbonyl (C=O) groups excluding carboxylic acids is 2. The van der Waals surface area contributed by atoms with Crippen LogP contribution in [0.2, 0.25) is 0 Å². The van der Waals surface area contributed by atoms with Gasteiger partial charge in [-0.2, -0.15) is 0 Å². The number of rotatable bonds is 10. The molecule has 5 heteroatoms. The summed E-state index contributed by atoms with van der Waals surface area (Å²) in [7, 11) is 3.49. The van der Waals surface area contributed by atoms with E-state index < -0.39 is 6.04 Å². The molecule has 0 radical (unpaired) electrons. The maximum Gasteiger partial charge on any atom is 0.245 e. The van der Waals surface area contributed by atoms with Crippen LogP contribution in [-0.2, 0) is 14.3 Å². The Morgan fingerprint density at radius 2 is 1.81 bits per heavy atom. The first kappa shape index (κ1) is 19.9. The molecule has 124 valence electrons. The van der Waals surface area contributed by atoms with E-state index in [-0.39, 0.29) is 24.0 Å². The molecule has 0 aromatic heterocycles. The highest BCUT2D eigenvalue weighted by Gasteiger charge is 2.35. The number of hydrogen-bond donors (Lipinski definition) is 1. The Morgan fingerprint density at radius 1 is 1.24 bits per heavy atom. The largest absolute Gasteiger partial charge is 0.379 e. The number of amides is 2. The average molecular weight is 300 g/mol. The Bertz CT molecular complexity index is 317. The van der Waals surface area contributed by atoms with E-state index in [1.54, 1.807) is 12.0 Å². The van der Waals surface area contributed by atoms with Crippen molar-refractivity contribution in [2.24, 2.45) is 11.8 Å². The quantitative estimate of drug-likeness (QED) is 0.628. The minimum Gasteiger partial charge on any atom is -0.379 e. The highest BCUT2D eigenvalue weighted by atomic mass is 16.5. The Hall–Kier alpha value is -1.10. The van der Waals surface area contributed by atoms with Crippen molar-refractivity contribution in [2.45, 2.75) is 65.6 Å². The lowest BCUT2D eigenvalue weighted by molar-refractivity contribution is -0.141. The van der Waals surface area contributed by atoms with Crippen molar-refractivity contribution in [3.63, 3.8) is 0 Å². The first-order valence-electron chi connectivity index (χ1n) is 7.84. The second-order valence-corrected chi connectivity index (χ2v) is 6.01. The fraction of sp³-hybridized carbons (Fsp3) is 0.875. The summed E-state index contributed by atoms with van der Waals surface area (Å²) < 4.78 is 5.57. The van der Waals surface area contributed by atoms with E-state index >= 15 is 0 Å². The fourth-order valence-electron chi connectivity index (χ4n) is 2.78. The summed E-state index contributed by atoms with van der Waals surface area (Å²) in [6.07, 6.45) is 2.41. The number of methoxy groups -OCH3 is 1. The Morgan fingerprint density at radius 3 is 2.14 bits per heavy atom. The van der Waals surface area contributed by atoms with Gasteiger partial charge >= 0.3 is 0 Å². The van der Waals surface area contributed by atoms with Crippen molar-refractivity contribution in [3.05, 3.63) is 0 Å². The molecule has 0 aliphatic rings. The van der Waals surface area contributed by atoms with Gasteiger partial charge < -0.3 is 15.0 Å². The molecule has 0 bridgehead atoms. The van der Waals surface area contributed by atoms with Gasteiger partial charge in [0.25, 0.3) is 0 Å². The predicted octanol–water partition coefficient (Wildman–Crippen LogP) is 2.06. The van der Waals surface area contributed by atoms with Gasteiger partial charge in [-0.3, -0.25) is 9.59 Å². The second kappa shape index (κ2) is 9.77. The monoisotopic (exact) mass is 300 g/mol. The van der Waals surface area contributed by atoms with Gasteiger partial charge in [0.05, 0.1) is 12.1 Å². The molecule has 0 aromatic carbocycles. The van der Waals surface area contributed by atoms with Gasteiger partial charge in [-0.05, 0) is 18.3 Å². The zero-order valence-electron chi connectivity index (χ0n) is 14.6. The third-order valence-corrected chi connectivity index (χ3v) is 4.29. The molecule has 2 amide bonds. The van der Waals surface area contributed by atoms with Gasteiger partial charge in [0, 0.05) is 14.2 Å². The van der Waals surface area contributed by atoms with Crippen LogP contribution in [0.3, 0.4) is 0 Å². The highest BCUT2D eigenvalue weighted by molar-refractivity contribution is 5.84. The van der Waals surface area contributed by atoms with Crippen LogP contribution in [0.5, 0.6) is 0 Å². The van der Waals surface area contributed by atoms with Crippen molar-refractivity contribution in [3.8, 4) is 0 Å². The zero-order chi connectivity index (χ0) is 16.6. The van der Waals surface area contributed by atoms with Crippen molar-refractivity contribution < 1.29 is 14.3 Å². The SMILES string of the molecule is CCC(C)C(C(CC)OC)N(C)C(=O)[C@@H](NC=O)C(C)C. The summed E-state index contributed by atoms with van der Waals surface area (Å²) in [6.45, 7) is 10.2. The highest BCUT2D eigenvalue weighted by Crippen LogP contribution is 2.22. The lowest BCUT2D eigenvalue weighted by atomic mass is 9.90. The molecule has 0 aromatic rings. The minimum atomic E-state index is -0.492. The molecule has 0 aliphatic carbocycles. The predicted molar refractivity (Wildman–Crippen MR) is 84.9 cm³/mol. The van der Waals surface area contributed by atoms with E-state index in [0.29, 0.717) is 12.3 Å². The number of likely N-dealkylation sites (N-methyl/N-ethyl adjacent to an activating group) is 1. The molecule has 0 saturated heterocycles. The van der Waals surface area contributed by atoms with Crippen LogP contribution in [-0.4, -0.2) is 49.6 Å². The molecule has 0 heterocycles. The Labute approximate surface area is 129 Å². The summed E-state index contributed by atoms with van der Waals surface area (Å²) in [5.41, 5.74) is 0. The molecule has 21 heavy (non-hydrogen) atoms. The molecule has 0 fully saturated rings. The van der Waals surface area contributed by atoms with Crippen LogP contribution < -0.4 is 5.32 Å². The van der Waals surface area contributed by atoms with Gasteiger partial charge in [0.1, 0.15) is 6.04 Å². The van der Waals surface area contributed by atoms with Crippen molar-refractivity contribution in [1.29, 1.82) is 0 Å². The van der Waals surface area contributed by atoms with Gasteiger partial charge in [-0.25, -0.2) is 0 Å². The van der Waals surface area contributed by atoms with Crippen LogP contribution in [0.25, 0.3) is 0 Å².